The monoisotopic (exact) mass is 273 g/mol. The van der Waals surface area contributed by atoms with Crippen molar-refractivity contribution < 1.29 is 19.1 Å². The van der Waals surface area contributed by atoms with E-state index in [1.165, 1.54) is 6.26 Å². The van der Waals surface area contributed by atoms with Gasteiger partial charge in [-0.2, -0.15) is 0 Å². The molecular weight excluding hydrogens is 258 g/mol. The summed E-state index contributed by atoms with van der Waals surface area (Å²) in [6.07, 6.45) is 3.09. The molecule has 6 heteroatoms. The molecule has 1 aromatic heterocycles. The summed E-state index contributed by atoms with van der Waals surface area (Å²) in [5.41, 5.74) is 0.409. The number of aliphatic hydroxyl groups excluding tert-OH is 1. The molecule has 18 heavy (non-hydrogen) atoms. The van der Waals surface area contributed by atoms with E-state index in [1.807, 2.05) is 0 Å². The normalized spacial score (nSPS) is 17.1. The van der Waals surface area contributed by atoms with Crippen LogP contribution in [0, 0.1) is 0 Å². The molecule has 0 bridgehead atoms. The van der Waals surface area contributed by atoms with Crippen LogP contribution >= 0.6 is 11.6 Å². The van der Waals surface area contributed by atoms with Crippen molar-refractivity contribution in [3.05, 3.63) is 23.1 Å². The smallest absolute Gasteiger partial charge is 0.258 e. The van der Waals surface area contributed by atoms with Crippen LogP contribution in [-0.2, 0) is 4.74 Å². The molecule has 0 radical (unpaired) electrons. The summed E-state index contributed by atoms with van der Waals surface area (Å²) < 4.78 is 10.4. The summed E-state index contributed by atoms with van der Waals surface area (Å²) in [4.78, 5) is 13.8. The predicted octanol–water partition coefficient (Wildman–Crippen LogP) is 1.55. The van der Waals surface area contributed by atoms with Crippen LogP contribution in [0.4, 0.5) is 0 Å². The maximum Gasteiger partial charge on any atom is 0.258 e. The van der Waals surface area contributed by atoms with Crippen molar-refractivity contribution in [3.63, 3.8) is 0 Å². The number of hydrogen-bond acceptors (Lipinski definition) is 4. The molecule has 0 spiro atoms. The first-order chi connectivity index (χ1) is 8.72. The number of hydrogen-bond donors (Lipinski definition) is 1. The van der Waals surface area contributed by atoms with Crippen LogP contribution in [0.5, 0.6) is 0 Å². The van der Waals surface area contributed by atoms with E-state index in [2.05, 4.69) is 0 Å². The number of piperidine rings is 1. The average molecular weight is 274 g/mol. The van der Waals surface area contributed by atoms with Gasteiger partial charge < -0.3 is 19.2 Å². The Morgan fingerprint density at radius 2 is 2.28 bits per heavy atom. The molecule has 1 aliphatic rings. The number of carbonyl (C=O) groups is 1. The fraction of sp³-hybridized carbons (Fsp3) is 0.583. The van der Waals surface area contributed by atoms with Crippen LogP contribution in [0.3, 0.4) is 0 Å². The van der Waals surface area contributed by atoms with Gasteiger partial charge in [0.1, 0.15) is 0 Å². The van der Waals surface area contributed by atoms with Gasteiger partial charge in [0.25, 0.3) is 5.91 Å². The number of aliphatic hydroxyl groups is 1. The molecule has 5 nitrogen and oxygen atoms in total. The van der Waals surface area contributed by atoms with Crippen molar-refractivity contribution in [1.29, 1.82) is 0 Å². The highest BCUT2D eigenvalue weighted by atomic mass is 35.5. The first-order valence-corrected chi connectivity index (χ1v) is 6.35. The molecule has 1 saturated heterocycles. The lowest BCUT2D eigenvalue weighted by Crippen LogP contribution is -2.41. The van der Waals surface area contributed by atoms with E-state index in [9.17, 15) is 4.79 Å². The lowest BCUT2D eigenvalue weighted by Gasteiger charge is -2.31. The second-order valence-electron chi connectivity index (χ2n) is 4.19. The topological polar surface area (TPSA) is 62.9 Å². The number of carbonyl (C=O) groups excluding carboxylic acids is 1. The lowest BCUT2D eigenvalue weighted by atomic mass is 10.1. The third-order valence-electron chi connectivity index (χ3n) is 3.02. The van der Waals surface area contributed by atoms with E-state index in [0.29, 0.717) is 25.3 Å². The van der Waals surface area contributed by atoms with Gasteiger partial charge in [0, 0.05) is 13.1 Å². The van der Waals surface area contributed by atoms with Crippen LogP contribution in [0.25, 0.3) is 0 Å². The molecule has 1 aromatic rings. The summed E-state index contributed by atoms with van der Waals surface area (Å²) in [6, 6.07) is 1.58. The maximum absolute atomic E-state index is 12.1. The van der Waals surface area contributed by atoms with Gasteiger partial charge in [-0.15, -0.1) is 0 Å². The lowest BCUT2D eigenvalue weighted by molar-refractivity contribution is -0.00554. The third-order valence-corrected chi connectivity index (χ3v) is 3.32. The minimum atomic E-state index is -0.102. The zero-order chi connectivity index (χ0) is 13.0. The number of likely N-dealkylation sites (tertiary alicyclic amines) is 1. The van der Waals surface area contributed by atoms with Crippen molar-refractivity contribution >= 4 is 17.5 Å². The highest BCUT2D eigenvalue weighted by Crippen LogP contribution is 2.21. The van der Waals surface area contributed by atoms with Gasteiger partial charge >= 0.3 is 0 Å². The Hall–Kier alpha value is -1.04. The Bertz CT molecular complexity index is 399. The Labute approximate surface area is 110 Å². The molecule has 100 valence electrons. The summed E-state index contributed by atoms with van der Waals surface area (Å²) >= 11 is 5.78. The van der Waals surface area contributed by atoms with Crippen LogP contribution < -0.4 is 0 Å². The molecule has 0 atom stereocenters. The molecule has 2 rings (SSSR count). The van der Waals surface area contributed by atoms with Crippen LogP contribution in [0.15, 0.2) is 16.7 Å². The predicted molar refractivity (Wildman–Crippen MR) is 65.7 cm³/mol. The van der Waals surface area contributed by atoms with Gasteiger partial charge in [0.15, 0.2) is 0 Å². The minimum Gasteiger partial charge on any atom is -0.452 e. The molecule has 0 unspecified atom stereocenters. The molecule has 1 aliphatic heterocycles. The Morgan fingerprint density at radius 1 is 1.56 bits per heavy atom. The molecule has 0 aliphatic carbocycles. The number of nitrogens with zero attached hydrogens (tertiary/aromatic N) is 1. The summed E-state index contributed by atoms with van der Waals surface area (Å²) in [5.74, 6) is -0.102. The first kappa shape index (κ1) is 13.4. The van der Waals surface area contributed by atoms with E-state index in [0.717, 1.165) is 12.8 Å². The SMILES string of the molecule is O=C(c1ccoc1Cl)N1CCC(OCCO)CC1. The van der Waals surface area contributed by atoms with Crippen LogP contribution in [0.1, 0.15) is 23.2 Å². The quantitative estimate of drug-likeness (QED) is 0.904. The van der Waals surface area contributed by atoms with E-state index in [-0.39, 0.29) is 23.8 Å². The van der Waals surface area contributed by atoms with E-state index in [4.69, 9.17) is 25.9 Å². The fourth-order valence-electron chi connectivity index (χ4n) is 2.06. The van der Waals surface area contributed by atoms with Crippen LogP contribution in [-0.4, -0.2) is 48.3 Å². The van der Waals surface area contributed by atoms with Crippen molar-refractivity contribution in [1.82, 2.24) is 4.90 Å². The molecule has 1 amide bonds. The zero-order valence-electron chi connectivity index (χ0n) is 9.97. The number of halogens is 1. The molecule has 1 fully saturated rings. The summed E-state index contributed by atoms with van der Waals surface area (Å²) in [7, 11) is 0. The van der Waals surface area contributed by atoms with E-state index >= 15 is 0 Å². The van der Waals surface area contributed by atoms with Crippen molar-refractivity contribution in [2.75, 3.05) is 26.3 Å². The third kappa shape index (κ3) is 3.04. The van der Waals surface area contributed by atoms with Crippen molar-refractivity contribution in [2.45, 2.75) is 18.9 Å². The van der Waals surface area contributed by atoms with Gasteiger partial charge in [-0.1, -0.05) is 0 Å². The Morgan fingerprint density at radius 3 is 2.83 bits per heavy atom. The molecule has 0 saturated carbocycles. The van der Waals surface area contributed by atoms with Gasteiger partial charge in [-0.3, -0.25) is 4.79 Å². The fourth-order valence-corrected chi connectivity index (χ4v) is 2.26. The molecule has 2 heterocycles. The van der Waals surface area contributed by atoms with Gasteiger partial charge in [0.2, 0.25) is 5.22 Å². The van der Waals surface area contributed by atoms with Gasteiger partial charge in [-0.05, 0) is 30.5 Å². The first-order valence-electron chi connectivity index (χ1n) is 5.97. The minimum absolute atomic E-state index is 0.0315. The largest absolute Gasteiger partial charge is 0.452 e. The summed E-state index contributed by atoms with van der Waals surface area (Å²) in [6.45, 7) is 1.66. The van der Waals surface area contributed by atoms with E-state index in [1.54, 1.807) is 11.0 Å². The standard InChI is InChI=1S/C12H16ClNO4/c13-11-10(3-7-18-11)12(16)14-4-1-9(2-5-14)17-8-6-15/h3,7,9,15H,1-2,4-6,8H2. The second kappa shape index (κ2) is 6.22. The van der Waals surface area contributed by atoms with Gasteiger partial charge in [-0.25, -0.2) is 0 Å². The molecule has 1 N–H and O–H groups in total. The zero-order valence-corrected chi connectivity index (χ0v) is 10.7. The Kier molecular flexibility index (Phi) is 4.63. The molecular formula is C12H16ClNO4. The Balaban J connectivity index is 1.86. The highest BCUT2D eigenvalue weighted by Gasteiger charge is 2.25. The summed E-state index contributed by atoms with van der Waals surface area (Å²) in [5, 5.41) is 8.82. The van der Waals surface area contributed by atoms with Crippen LogP contribution in [0.2, 0.25) is 5.22 Å². The highest BCUT2D eigenvalue weighted by molar-refractivity contribution is 6.32. The van der Waals surface area contributed by atoms with Crippen molar-refractivity contribution in [2.24, 2.45) is 0 Å². The van der Waals surface area contributed by atoms with Crippen molar-refractivity contribution in [3.8, 4) is 0 Å². The average Bonchev–Trinajstić information content (AvgIpc) is 2.82. The number of furan rings is 1. The molecule has 0 aromatic carbocycles. The number of amides is 1. The maximum atomic E-state index is 12.1. The number of ether oxygens (including phenoxy) is 1. The van der Waals surface area contributed by atoms with E-state index < -0.39 is 0 Å². The van der Waals surface area contributed by atoms with Gasteiger partial charge in [0.05, 0.1) is 31.1 Å². The number of rotatable bonds is 4. The second-order valence-corrected chi connectivity index (χ2v) is 4.54.